The van der Waals surface area contributed by atoms with Gasteiger partial charge in [-0.1, -0.05) is 17.2 Å². The second kappa shape index (κ2) is 6.50. The maximum absolute atomic E-state index is 11.4. The molecule has 9 nitrogen and oxygen atoms in total. The highest BCUT2D eigenvalue weighted by molar-refractivity contribution is 5.71. The van der Waals surface area contributed by atoms with Crippen molar-refractivity contribution in [1.29, 1.82) is 0 Å². The molecule has 1 aromatic carbocycles. The Hall–Kier alpha value is -2.64. The topological polar surface area (TPSA) is 138 Å². The molecular weight excluding hydrogens is 268 g/mol. The van der Waals surface area contributed by atoms with Crippen LogP contribution in [0.5, 0.6) is 0 Å². The molecule has 1 atom stereocenters. The summed E-state index contributed by atoms with van der Waals surface area (Å²) in [7, 11) is 1.12. The van der Waals surface area contributed by atoms with E-state index in [0.29, 0.717) is 0 Å². The Morgan fingerprint density at radius 3 is 2.80 bits per heavy atom. The minimum Gasteiger partial charge on any atom is -0.469 e. The van der Waals surface area contributed by atoms with Gasteiger partial charge >= 0.3 is 5.97 Å². The number of para-hydroxylation sites is 1. The van der Waals surface area contributed by atoms with E-state index in [9.17, 15) is 20.0 Å². The molecule has 106 valence electrons. The maximum atomic E-state index is 11.4. The lowest BCUT2D eigenvalue weighted by molar-refractivity contribution is -0.386. The number of carbonyl (C=O) groups excluding carboxylic acids is 1. The van der Waals surface area contributed by atoms with Crippen LogP contribution in [0.15, 0.2) is 29.4 Å². The number of azide groups is 1. The van der Waals surface area contributed by atoms with Crippen molar-refractivity contribution in [3.05, 3.63) is 50.4 Å². The van der Waals surface area contributed by atoms with Crippen LogP contribution in [0.25, 0.3) is 10.4 Å². The molecule has 0 aliphatic heterocycles. The Balaban J connectivity index is 3.33. The van der Waals surface area contributed by atoms with Gasteiger partial charge < -0.3 is 9.84 Å². The fraction of sp³-hybridized carbons (Fsp3) is 0.364. The fourth-order valence-electron chi connectivity index (χ4n) is 1.72. The molecule has 1 N–H and O–H groups in total. The van der Waals surface area contributed by atoms with Crippen molar-refractivity contribution in [2.45, 2.75) is 12.0 Å². The average molecular weight is 280 g/mol. The predicted molar refractivity (Wildman–Crippen MR) is 67.6 cm³/mol. The van der Waals surface area contributed by atoms with Crippen LogP contribution in [0.2, 0.25) is 0 Å². The van der Waals surface area contributed by atoms with Crippen LogP contribution in [0.4, 0.5) is 5.69 Å². The molecule has 0 spiro atoms. The highest BCUT2D eigenvalue weighted by atomic mass is 16.6. The summed E-state index contributed by atoms with van der Waals surface area (Å²) < 4.78 is 4.44. The Morgan fingerprint density at radius 2 is 2.25 bits per heavy atom. The number of esters is 1. The Labute approximate surface area is 113 Å². The minimum absolute atomic E-state index is 0.109. The van der Waals surface area contributed by atoms with E-state index in [-0.39, 0.29) is 11.3 Å². The smallest absolute Gasteiger partial charge is 0.308 e. The van der Waals surface area contributed by atoms with Gasteiger partial charge in [-0.2, -0.15) is 0 Å². The van der Waals surface area contributed by atoms with E-state index in [1.165, 1.54) is 24.3 Å². The lowest BCUT2D eigenvalue weighted by Gasteiger charge is -2.25. The molecule has 0 radical (unpaired) electrons. The van der Waals surface area contributed by atoms with E-state index in [4.69, 9.17) is 5.53 Å². The molecule has 0 aliphatic carbocycles. The Kier molecular flexibility index (Phi) is 5.01. The van der Waals surface area contributed by atoms with Crippen molar-refractivity contribution in [2.75, 3.05) is 13.7 Å². The summed E-state index contributed by atoms with van der Waals surface area (Å²) in [6.07, 6.45) is -0.562. The Morgan fingerprint density at radius 1 is 1.60 bits per heavy atom. The lowest BCUT2D eigenvalue weighted by atomic mass is 9.89. The van der Waals surface area contributed by atoms with Gasteiger partial charge in [0, 0.05) is 11.0 Å². The summed E-state index contributed by atoms with van der Waals surface area (Å²) in [6.45, 7) is -0.524. The number of nitro benzene ring substituents is 1. The third-order valence-corrected chi connectivity index (χ3v) is 2.66. The second-order valence-electron chi connectivity index (χ2n) is 3.95. The molecule has 0 unspecified atom stereocenters. The molecule has 0 heterocycles. The molecule has 0 aromatic heterocycles. The van der Waals surface area contributed by atoms with Gasteiger partial charge in [0.2, 0.25) is 0 Å². The molecule has 0 aliphatic rings. The number of aliphatic hydroxyl groups is 1. The first kappa shape index (κ1) is 15.4. The third kappa shape index (κ3) is 3.44. The van der Waals surface area contributed by atoms with Crippen LogP contribution in [0.3, 0.4) is 0 Å². The van der Waals surface area contributed by atoms with Gasteiger partial charge in [-0.05, 0) is 11.6 Å². The highest BCUT2D eigenvalue weighted by Crippen LogP contribution is 2.33. The van der Waals surface area contributed by atoms with E-state index in [2.05, 4.69) is 14.8 Å². The number of ether oxygens (including phenoxy) is 1. The van der Waals surface area contributed by atoms with Crippen molar-refractivity contribution < 1.29 is 19.6 Å². The van der Waals surface area contributed by atoms with E-state index in [1.807, 2.05) is 0 Å². The van der Waals surface area contributed by atoms with Gasteiger partial charge in [0.1, 0.15) is 5.60 Å². The van der Waals surface area contributed by atoms with Gasteiger partial charge in [0.05, 0.1) is 30.6 Å². The van der Waals surface area contributed by atoms with Crippen LogP contribution in [-0.4, -0.2) is 29.7 Å². The number of rotatable bonds is 6. The van der Waals surface area contributed by atoms with Crippen molar-refractivity contribution in [3.8, 4) is 0 Å². The summed E-state index contributed by atoms with van der Waals surface area (Å²) in [4.78, 5) is 24.1. The van der Waals surface area contributed by atoms with Crippen LogP contribution < -0.4 is 0 Å². The number of nitrogens with zero attached hydrogens (tertiary/aromatic N) is 4. The number of hydrogen-bond acceptors (Lipinski definition) is 6. The molecule has 1 aromatic rings. The van der Waals surface area contributed by atoms with Crippen LogP contribution in [-0.2, 0) is 15.1 Å². The number of carbonyl (C=O) groups is 1. The molecule has 0 amide bonds. The first-order chi connectivity index (χ1) is 9.44. The molecule has 0 saturated carbocycles. The summed E-state index contributed by atoms with van der Waals surface area (Å²) in [5.41, 5.74) is 5.87. The zero-order valence-corrected chi connectivity index (χ0v) is 10.6. The maximum Gasteiger partial charge on any atom is 0.308 e. The van der Waals surface area contributed by atoms with Crippen molar-refractivity contribution in [1.82, 2.24) is 0 Å². The zero-order valence-electron chi connectivity index (χ0n) is 10.6. The molecular formula is C11H12N4O5. The second-order valence-corrected chi connectivity index (χ2v) is 3.95. The summed E-state index contributed by atoms with van der Waals surface area (Å²) in [5, 5.41) is 24.7. The standard InChI is InChI=1S/C11H12N4O5/c1-20-10(16)6-11(17,7-13-14-12)8-4-2-3-5-9(8)15(18)19/h2-5,17H,6-7H2,1H3/t11-/m0/s1. The van der Waals surface area contributed by atoms with Crippen molar-refractivity contribution in [3.63, 3.8) is 0 Å². The summed E-state index contributed by atoms with van der Waals surface area (Å²) in [5.74, 6) is -0.779. The normalized spacial score (nSPS) is 12.9. The minimum atomic E-state index is -2.00. The highest BCUT2D eigenvalue weighted by Gasteiger charge is 2.37. The van der Waals surface area contributed by atoms with E-state index in [1.54, 1.807) is 0 Å². The number of nitro groups is 1. The fourth-order valence-corrected chi connectivity index (χ4v) is 1.72. The lowest BCUT2D eigenvalue weighted by Crippen LogP contribution is -2.33. The molecule has 20 heavy (non-hydrogen) atoms. The third-order valence-electron chi connectivity index (χ3n) is 2.66. The number of benzene rings is 1. The summed E-state index contributed by atoms with van der Waals surface area (Å²) >= 11 is 0. The summed E-state index contributed by atoms with van der Waals surface area (Å²) in [6, 6.07) is 5.38. The van der Waals surface area contributed by atoms with Gasteiger partial charge in [0.15, 0.2) is 0 Å². The molecule has 0 bridgehead atoms. The van der Waals surface area contributed by atoms with Crippen LogP contribution in [0, 0.1) is 10.1 Å². The van der Waals surface area contributed by atoms with Crippen molar-refractivity contribution >= 4 is 11.7 Å². The van der Waals surface area contributed by atoms with E-state index >= 15 is 0 Å². The molecule has 0 saturated heterocycles. The quantitative estimate of drug-likeness (QED) is 0.211. The predicted octanol–water partition coefficient (Wildman–Crippen LogP) is 1.66. The zero-order chi connectivity index (χ0) is 15.2. The largest absolute Gasteiger partial charge is 0.469 e. The molecule has 9 heteroatoms. The number of hydrogen-bond donors (Lipinski definition) is 1. The first-order valence-corrected chi connectivity index (χ1v) is 5.48. The van der Waals surface area contributed by atoms with Gasteiger partial charge in [-0.25, -0.2) is 0 Å². The molecule has 1 rings (SSSR count). The molecule has 0 fully saturated rings. The number of methoxy groups -OCH3 is 1. The average Bonchev–Trinajstić information content (AvgIpc) is 2.45. The van der Waals surface area contributed by atoms with Gasteiger partial charge in [-0.15, -0.1) is 0 Å². The van der Waals surface area contributed by atoms with Gasteiger partial charge in [-0.3, -0.25) is 14.9 Å². The Bertz CT molecular complexity index is 570. The van der Waals surface area contributed by atoms with Crippen LogP contribution >= 0.6 is 0 Å². The first-order valence-electron chi connectivity index (χ1n) is 5.48. The van der Waals surface area contributed by atoms with Crippen molar-refractivity contribution in [2.24, 2.45) is 5.11 Å². The van der Waals surface area contributed by atoms with Crippen LogP contribution in [0.1, 0.15) is 12.0 Å². The monoisotopic (exact) mass is 280 g/mol. The van der Waals surface area contributed by atoms with E-state index < -0.39 is 29.5 Å². The van der Waals surface area contributed by atoms with E-state index in [0.717, 1.165) is 7.11 Å². The SMILES string of the molecule is COC(=O)C[C@](O)(CN=[N+]=[N-])c1ccccc1[N+](=O)[O-]. The van der Waals surface area contributed by atoms with Gasteiger partial charge in [0.25, 0.3) is 5.69 Å².